The van der Waals surface area contributed by atoms with Gasteiger partial charge in [-0.25, -0.2) is 0 Å². The predicted octanol–water partition coefficient (Wildman–Crippen LogP) is 3.21. The molecule has 6 heteroatoms. The second kappa shape index (κ2) is 7.72. The summed E-state index contributed by atoms with van der Waals surface area (Å²) in [5, 5.41) is 11.6. The minimum Gasteiger partial charge on any atom is -0.335 e. The van der Waals surface area contributed by atoms with Gasteiger partial charge in [0.15, 0.2) is 0 Å². The highest BCUT2D eigenvalue weighted by molar-refractivity contribution is 5.81. The van der Waals surface area contributed by atoms with E-state index in [1.807, 2.05) is 49.5 Å². The summed E-state index contributed by atoms with van der Waals surface area (Å²) in [7, 11) is 1.81. The molecule has 0 N–H and O–H groups in total. The van der Waals surface area contributed by atoms with Crippen molar-refractivity contribution in [3.63, 3.8) is 0 Å². The third-order valence-electron chi connectivity index (χ3n) is 6.04. The van der Waals surface area contributed by atoms with Gasteiger partial charge in [-0.05, 0) is 48.7 Å². The van der Waals surface area contributed by atoms with Crippen LogP contribution in [0.3, 0.4) is 0 Å². The number of benzene rings is 1. The molecule has 2 aliphatic carbocycles. The summed E-state index contributed by atoms with van der Waals surface area (Å²) in [6, 6.07) is 6.86. The van der Waals surface area contributed by atoms with E-state index in [1.165, 1.54) is 0 Å². The molecule has 0 saturated carbocycles. The van der Waals surface area contributed by atoms with E-state index in [9.17, 15) is 14.9 Å². The van der Waals surface area contributed by atoms with Gasteiger partial charge in [0.25, 0.3) is 6.04 Å². The molecule has 0 aromatic heterocycles. The molecular formula is C22H25N3O3. The normalized spacial score (nSPS) is 26.2. The maximum absolute atomic E-state index is 13.1. The smallest absolute Gasteiger partial charge is 0.250 e. The average Bonchev–Trinajstić information content (AvgIpc) is 3.37. The number of likely N-dealkylation sites (tertiary alicyclic amines) is 1. The van der Waals surface area contributed by atoms with Crippen LogP contribution in [-0.4, -0.2) is 52.9 Å². The quantitative estimate of drug-likeness (QED) is 0.582. The summed E-state index contributed by atoms with van der Waals surface area (Å²) in [6.07, 6.45) is 11.7. The lowest BCUT2D eigenvalue weighted by Gasteiger charge is -2.33. The predicted molar refractivity (Wildman–Crippen MR) is 108 cm³/mol. The van der Waals surface area contributed by atoms with Gasteiger partial charge in [0.2, 0.25) is 5.91 Å². The fourth-order valence-electron chi connectivity index (χ4n) is 4.56. The number of hydrogen-bond donors (Lipinski definition) is 0. The maximum Gasteiger partial charge on any atom is 0.250 e. The van der Waals surface area contributed by atoms with Crippen molar-refractivity contribution < 1.29 is 9.72 Å². The number of likely N-dealkylation sites (N-methyl/N-ethyl adjacent to an activating group) is 1. The summed E-state index contributed by atoms with van der Waals surface area (Å²) in [6.45, 7) is 1.70. The van der Waals surface area contributed by atoms with E-state index < -0.39 is 6.04 Å². The summed E-state index contributed by atoms with van der Waals surface area (Å²) in [5.74, 6) is -0.0146. The molecular weight excluding hydrogens is 354 g/mol. The van der Waals surface area contributed by atoms with Gasteiger partial charge in [-0.1, -0.05) is 48.6 Å². The molecule has 1 aliphatic heterocycles. The van der Waals surface area contributed by atoms with Gasteiger partial charge in [-0.2, -0.15) is 0 Å². The molecule has 6 nitrogen and oxygen atoms in total. The Morgan fingerprint density at radius 1 is 1.25 bits per heavy atom. The van der Waals surface area contributed by atoms with E-state index in [2.05, 4.69) is 4.90 Å². The maximum atomic E-state index is 13.1. The first-order valence-electron chi connectivity index (χ1n) is 9.84. The Morgan fingerprint density at radius 3 is 2.75 bits per heavy atom. The number of carbonyl (C=O) groups is 1. The lowest BCUT2D eigenvalue weighted by atomic mass is 9.90. The molecule has 28 heavy (non-hydrogen) atoms. The van der Waals surface area contributed by atoms with Crippen LogP contribution in [-0.2, 0) is 4.79 Å². The standard InChI is InChI=1S/C22H25N3O3/c1-23(19-12-11-16-7-2-3-9-18(16)19)21(26)15-17-8-6-10-20(25(27)28)22(17)24-13-4-5-14-24/h2-3,6-12,19-20,22H,4-5,13-15H2,1H3/t19?,20-,22-/m0/s1. The molecule has 1 fully saturated rings. The summed E-state index contributed by atoms with van der Waals surface area (Å²) >= 11 is 0. The van der Waals surface area contributed by atoms with Gasteiger partial charge in [0.05, 0.1) is 6.04 Å². The number of rotatable bonds is 5. The highest BCUT2D eigenvalue weighted by Crippen LogP contribution is 2.33. The van der Waals surface area contributed by atoms with Gasteiger partial charge in [0.1, 0.15) is 6.04 Å². The molecule has 1 aromatic rings. The van der Waals surface area contributed by atoms with E-state index in [1.54, 1.807) is 17.1 Å². The number of fused-ring (bicyclic) bond motifs is 1. The minimum atomic E-state index is -0.789. The van der Waals surface area contributed by atoms with Crippen molar-refractivity contribution in [2.45, 2.75) is 37.4 Å². The van der Waals surface area contributed by atoms with Gasteiger partial charge < -0.3 is 4.90 Å². The molecule has 3 atom stereocenters. The lowest BCUT2D eigenvalue weighted by Crippen LogP contribution is -2.48. The fourth-order valence-corrected chi connectivity index (χ4v) is 4.56. The summed E-state index contributed by atoms with van der Waals surface area (Å²) < 4.78 is 0. The lowest BCUT2D eigenvalue weighted by molar-refractivity contribution is -0.515. The van der Waals surface area contributed by atoms with Crippen molar-refractivity contribution in [3.8, 4) is 0 Å². The topological polar surface area (TPSA) is 66.7 Å². The molecule has 1 saturated heterocycles. The van der Waals surface area contributed by atoms with Crippen molar-refractivity contribution in [1.82, 2.24) is 9.80 Å². The minimum absolute atomic E-state index is 0.0146. The van der Waals surface area contributed by atoms with E-state index >= 15 is 0 Å². The van der Waals surface area contributed by atoms with Crippen LogP contribution in [0.5, 0.6) is 0 Å². The zero-order valence-corrected chi connectivity index (χ0v) is 16.0. The number of amides is 1. The highest BCUT2D eigenvalue weighted by atomic mass is 16.6. The monoisotopic (exact) mass is 379 g/mol. The molecule has 1 amide bonds. The zero-order chi connectivity index (χ0) is 19.7. The highest BCUT2D eigenvalue weighted by Gasteiger charge is 2.40. The van der Waals surface area contributed by atoms with Gasteiger partial charge >= 0.3 is 0 Å². The van der Waals surface area contributed by atoms with Crippen LogP contribution in [0.1, 0.15) is 36.4 Å². The third kappa shape index (κ3) is 3.40. The molecule has 0 radical (unpaired) electrons. The zero-order valence-electron chi connectivity index (χ0n) is 16.0. The van der Waals surface area contributed by atoms with E-state index in [0.29, 0.717) is 0 Å². The fraction of sp³-hybridized carbons (Fsp3) is 0.409. The van der Waals surface area contributed by atoms with E-state index in [-0.39, 0.29) is 29.3 Å². The van der Waals surface area contributed by atoms with E-state index in [0.717, 1.165) is 42.6 Å². The second-order valence-corrected chi connectivity index (χ2v) is 7.70. The summed E-state index contributed by atoms with van der Waals surface area (Å²) in [5.41, 5.74) is 3.10. The Bertz CT molecular complexity index is 868. The average molecular weight is 379 g/mol. The van der Waals surface area contributed by atoms with Gasteiger partial charge in [-0.3, -0.25) is 19.8 Å². The molecule has 3 aliphatic rings. The first kappa shape index (κ1) is 18.6. The molecule has 1 heterocycles. The van der Waals surface area contributed by atoms with Crippen LogP contribution in [0.2, 0.25) is 0 Å². The van der Waals surface area contributed by atoms with E-state index in [4.69, 9.17) is 0 Å². The molecule has 4 rings (SSSR count). The first-order chi connectivity index (χ1) is 13.6. The number of nitrogens with zero attached hydrogens (tertiary/aromatic N) is 3. The van der Waals surface area contributed by atoms with Crippen LogP contribution in [0, 0.1) is 10.1 Å². The number of allylic oxidation sites excluding steroid dienone is 2. The van der Waals surface area contributed by atoms with Crippen molar-refractivity contribution in [3.05, 3.63) is 75.4 Å². The SMILES string of the molecule is CN(C(=O)CC1=CC=C[C@H]([N+](=O)[O-])[C@H]1N1CCCC1)C1C=Cc2ccccc21. The molecule has 1 aromatic carbocycles. The Labute approximate surface area is 165 Å². The van der Waals surface area contributed by atoms with Crippen molar-refractivity contribution in [2.75, 3.05) is 20.1 Å². The number of carbonyl (C=O) groups excluding carboxylic acids is 1. The number of hydrogen-bond acceptors (Lipinski definition) is 4. The largest absolute Gasteiger partial charge is 0.335 e. The van der Waals surface area contributed by atoms with Crippen molar-refractivity contribution in [1.29, 1.82) is 0 Å². The van der Waals surface area contributed by atoms with Crippen molar-refractivity contribution >= 4 is 12.0 Å². The van der Waals surface area contributed by atoms with Crippen LogP contribution in [0.4, 0.5) is 0 Å². The van der Waals surface area contributed by atoms with Crippen molar-refractivity contribution in [2.24, 2.45) is 0 Å². The van der Waals surface area contributed by atoms with Crippen LogP contribution in [0.25, 0.3) is 6.08 Å². The molecule has 0 bridgehead atoms. The Hall–Kier alpha value is -2.73. The van der Waals surface area contributed by atoms with Gasteiger partial charge in [0, 0.05) is 18.4 Å². The molecule has 1 unspecified atom stereocenters. The van der Waals surface area contributed by atoms with Gasteiger partial charge in [-0.15, -0.1) is 0 Å². The second-order valence-electron chi connectivity index (χ2n) is 7.70. The molecule has 0 spiro atoms. The number of nitro groups is 1. The first-order valence-corrected chi connectivity index (χ1v) is 9.84. The Balaban J connectivity index is 1.52. The van der Waals surface area contributed by atoms with Crippen LogP contribution in [0.15, 0.2) is 54.1 Å². The van der Waals surface area contributed by atoms with Crippen LogP contribution < -0.4 is 0 Å². The van der Waals surface area contributed by atoms with Crippen LogP contribution >= 0.6 is 0 Å². The Morgan fingerprint density at radius 2 is 2.00 bits per heavy atom. The third-order valence-corrected chi connectivity index (χ3v) is 6.04. The molecule has 146 valence electrons. The summed E-state index contributed by atoms with van der Waals surface area (Å²) in [4.78, 5) is 28.4. The Kier molecular flexibility index (Phi) is 5.13.